The number of ether oxygens (including phenoxy) is 1. The average molecular weight is 326 g/mol. The summed E-state index contributed by atoms with van der Waals surface area (Å²) in [6.45, 7) is 2.18. The van der Waals surface area contributed by atoms with Gasteiger partial charge in [-0.25, -0.2) is 4.72 Å². The van der Waals surface area contributed by atoms with Crippen LogP contribution in [0.15, 0.2) is 30.3 Å². The molecule has 1 amide bonds. The molecule has 1 aliphatic carbocycles. The lowest BCUT2D eigenvalue weighted by atomic mass is 10.0. The Morgan fingerprint density at radius 3 is 2.41 bits per heavy atom. The zero-order valence-electron chi connectivity index (χ0n) is 12.9. The summed E-state index contributed by atoms with van der Waals surface area (Å²) in [7, 11) is -2.54. The summed E-state index contributed by atoms with van der Waals surface area (Å²) in [4.78, 5) is 12.5. The molecule has 0 unspecified atom stereocenters. The Kier molecular flexibility index (Phi) is 5.08. The number of nitrogens with zero attached hydrogens (tertiary/aromatic N) is 1. The van der Waals surface area contributed by atoms with Crippen molar-refractivity contribution in [2.45, 2.75) is 38.2 Å². The SMILES string of the molecule is CCOC1(C(=O)NS(=O)(=O)N(C)c2ccccc2)CCCC1. The predicted octanol–water partition coefficient (Wildman–Crippen LogP) is 1.83. The Labute approximate surface area is 131 Å². The van der Waals surface area contributed by atoms with Crippen LogP contribution in [0.3, 0.4) is 0 Å². The second kappa shape index (κ2) is 6.66. The molecule has 0 aliphatic heterocycles. The van der Waals surface area contributed by atoms with E-state index < -0.39 is 21.7 Å². The minimum atomic E-state index is -3.95. The molecule has 0 atom stereocenters. The van der Waals surface area contributed by atoms with E-state index in [0.29, 0.717) is 25.1 Å². The topological polar surface area (TPSA) is 75.7 Å². The average Bonchev–Trinajstić information content (AvgIpc) is 2.97. The van der Waals surface area contributed by atoms with E-state index in [9.17, 15) is 13.2 Å². The van der Waals surface area contributed by atoms with Crippen molar-refractivity contribution in [1.82, 2.24) is 4.72 Å². The first-order chi connectivity index (χ1) is 10.4. The molecule has 1 aliphatic rings. The summed E-state index contributed by atoms with van der Waals surface area (Å²) in [6, 6.07) is 8.60. The summed E-state index contributed by atoms with van der Waals surface area (Å²) in [5.74, 6) is -0.574. The Morgan fingerprint density at radius 1 is 1.27 bits per heavy atom. The maximum Gasteiger partial charge on any atom is 0.325 e. The van der Waals surface area contributed by atoms with Crippen LogP contribution >= 0.6 is 0 Å². The Balaban J connectivity index is 2.15. The van der Waals surface area contributed by atoms with E-state index in [0.717, 1.165) is 17.1 Å². The van der Waals surface area contributed by atoms with Crippen LogP contribution in [-0.4, -0.2) is 33.6 Å². The van der Waals surface area contributed by atoms with E-state index in [1.165, 1.54) is 7.05 Å². The lowest BCUT2D eigenvalue weighted by Gasteiger charge is -2.28. The van der Waals surface area contributed by atoms with Gasteiger partial charge in [0.2, 0.25) is 0 Å². The first kappa shape index (κ1) is 16.8. The highest BCUT2D eigenvalue weighted by Crippen LogP contribution is 2.33. The monoisotopic (exact) mass is 326 g/mol. The van der Waals surface area contributed by atoms with Crippen LogP contribution in [-0.2, 0) is 19.7 Å². The number of carbonyl (C=O) groups is 1. The highest BCUT2D eigenvalue weighted by atomic mass is 32.2. The quantitative estimate of drug-likeness (QED) is 0.865. The highest BCUT2D eigenvalue weighted by molar-refractivity contribution is 7.91. The number of rotatable bonds is 6. The minimum absolute atomic E-state index is 0.377. The van der Waals surface area contributed by atoms with Gasteiger partial charge in [0, 0.05) is 13.7 Å². The van der Waals surface area contributed by atoms with E-state index >= 15 is 0 Å². The molecule has 6 nitrogen and oxygen atoms in total. The van der Waals surface area contributed by atoms with Gasteiger partial charge in [-0.05, 0) is 44.7 Å². The summed E-state index contributed by atoms with van der Waals surface area (Å²) < 4.78 is 33.6. The van der Waals surface area contributed by atoms with Gasteiger partial charge in [-0.15, -0.1) is 0 Å². The molecule has 122 valence electrons. The molecule has 1 aromatic rings. The summed E-state index contributed by atoms with van der Waals surface area (Å²) in [5.41, 5.74) is -0.529. The number of amides is 1. The van der Waals surface area contributed by atoms with E-state index in [2.05, 4.69) is 4.72 Å². The molecule has 0 radical (unpaired) electrons. The van der Waals surface area contributed by atoms with Gasteiger partial charge in [-0.1, -0.05) is 18.2 Å². The van der Waals surface area contributed by atoms with Gasteiger partial charge in [-0.2, -0.15) is 8.42 Å². The number of hydrogen-bond acceptors (Lipinski definition) is 4. The van der Waals surface area contributed by atoms with Crippen molar-refractivity contribution < 1.29 is 17.9 Å². The first-order valence-corrected chi connectivity index (χ1v) is 8.85. The van der Waals surface area contributed by atoms with E-state index in [1.54, 1.807) is 37.3 Å². The van der Waals surface area contributed by atoms with Crippen molar-refractivity contribution in [3.05, 3.63) is 30.3 Å². The van der Waals surface area contributed by atoms with Gasteiger partial charge >= 0.3 is 10.2 Å². The van der Waals surface area contributed by atoms with Crippen molar-refractivity contribution in [2.75, 3.05) is 18.0 Å². The fraction of sp³-hybridized carbons (Fsp3) is 0.533. The third-order valence-electron chi connectivity index (χ3n) is 3.95. The predicted molar refractivity (Wildman–Crippen MR) is 84.7 cm³/mol. The van der Waals surface area contributed by atoms with Gasteiger partial charge in [-0.3, -0.25) is 9.10 Å². The number of para-hydroxylation sites is 1. The van der Waals surface area contributed by atoms with E-state index in [4.69, 9.17) is 4.74 Å². The van der Waals surface area contributed by atoms with Crippen molar-refractivity contribution >= 4 is 21.8 Å². The zero-order valence-corrected chi connectivity index (χ0v) is 13.7. The zero-order chi connectivity index (χ0) is 16.2. The molecule has 1 aromatic carbocycles. The van der Waals surface area contributed by atoms with Gasteiger partial charge in [0.15, 0.2) is 0 Å². The van der Waals surface area contributed by atoms with Gasteiger partial charge in [0.25, 0.3) is 5.91 Å². The molecular formula is C15H22N2O4S. The number of hydrogen-bond donors (Lipinski definition) is 1. The Hall–Kier alpha value is -1.60. The standard InChI is InChI=1S/C15H22N2O4S/c1-3-21-15(11-7-8-12-15)14(18)16-22(19,20)17(2)13-9-5-4-6-10-13/h4-6,9-10H,3,7-8,11-12H2,1-2H3,(H,16,18). The van der Waals surface area contributed by atoms with Crippen LogP contribution in [0.2, 0.25) is 0 Å². The highest BCUT2D eigenvalue weighted by Gasteiger charge is 2.44. The maximum atomic E-state index is 12.5. The molecule has 0 saturated heterocycles. The van der Waals surface area contributed by atoms with Crippen LogP contribution in [0.5, 0.6) is 0 Å². The van der Waals surface area contributed by atoms with Crippen LogP contribution in [0, 0.1) is 0 Å². The minimum Gasteiger partial charge on any atom is -0.365 e. The van der Waals surface area contributed by atoms with E-state index in [-0.39, 0.29) is 0 Å². The molecule has 1 saturated carbocycles. The molecule has 0 heterocycles. The largest absolute Gasteiger partial charge is 0.365 e. The third kappa shape index (κ3) is 3.41. The first-order valence-electron chi connectivity index (χ1n) is 7.41. The normalized spacial score (nSPS) is 17.2. The van der Waals surface area contributed by atoms with Crippen LogP contribution in [0.4, 0.5) is 5.69 Å². The Morgan fingerprint density at radius 2 is 1.86 bits per heavy atom. The fourth-order valence-electron chi connectivity index (χ4n) is 2.71. The van der Waals surface area contributed by atoms with Crippen LogP contribution in [0.1, 0.15) is 32.6 Å². The summed E-state index contributed by atoms with van der Waals surface area (Å²) in [5, 5.41) is 0. The maximum absolute atomic E-state index is 12.5. The molecule has 0 bridgehead atoms. The molecular weight excluding hydrogens is 304 g/mol. The number of benzene rings is 1. The Bertz CT molecular complexity index is 610. The van der Waals surface area contributed by atoms with Gasteiger partial charge in [0.1, 0.15) is 5.60 Å². The number of nitrogens with one attached hydrogen (secondary N) is 1. The second-order valence-corrected chi connectivity index (χ2v) is 7.08. The van der Waals surface area contributed by atoms with E-state index in [1.807, 2.05) is 0 Å². The molecule has 0 aromatic heterocycles. The third-order valence-corrected chi connectivity index (χ3v) is 5.32. The lowest BCUT2D eigenvalue weighted by molar-refractivity contribution is -0.143. The van der Waals surface area contributed by atoms with Crippen LogP contribution in [0.25, 0.3) is 0 Å². The van der Waals surface area contributed by atoms with Crippen molar-refractivity contribution in [2.24, 2.45) is 0 Å². The number of carbonyl (C=O) groups excluding carboxylic acids is 1. The van der Waals surface area contributed by atoms with Crippen LogP contribution < -0.4 is 9.03 Å². The smallest absolute Gasteiger partial charge is 0.325 e. The second-order valence-electron chi connectivity index (χ2n) is 5.37. The molecule has 1 fully saturated rings. The van der Waals surface area contributed by atoms with Gasteiger partial charge in [0.05, 0.1) is 5.69 Å². The molecule has 2 rings (SSSR count). The van der Waals surface area contributed by atoms with Crippen molar-refractivity contribution in [3.8, 4) is 0 Å². The number of anilines is 1. The fourth-order valence-corrected chi connectivity index (χ4v) is 3.67. The molecule has 22 heavy (non-hydrogen) atoms. The van der Waals surface area contributed by atoms with Gasteiger partial charge < -0.3 is 4.74 Å². The molecule has 1 N–H and O–H groups in total. The van der Waals surface area contributed by atoms with Crippen molar-refractivity contribution in [1.29, 1.82) is 0 Å². The molecule has 7 heteroatoms. The summed E-state index contributed by atoms with van der Waals surface area (Å²) >= 11 is 0. The summed E-state index contributed by atoms with van der Waals surface area (Å²) in [6.07, 6.45) is 2.83. The van der Waals surface area contributed by atoms with Crippen molar-refractivity contribution in [3.63, 3.8) is 0 Å². The lowest BCUT2D eigenvalue weighted by Crippen LogP contribution is -2.52. The molecule has 0 spiro atoms.